The summed E-state index contributed by atoms with van der Waals surface area (Å²) >= 11 is 0. The summed E-state index contributed by atoms with van der Waals surface area (Å²) in [6.45, 7) is 4.05. The van der Waals surface area contributed by atoms with Gasteiger partial charge in [-0.25, -0.2) is 0 Å². The number of nitrogens with two attached hydrogens (primary N) is 1. The van der Waals surface area contributed by atoms with Crippen LogP contribution in [-0.4, -0.2) is 62.1 Å². The first-order chi connectivity index (χ1) is 10.1. The van der Waals surface area contributed by atoms with Crippen LogP contribution in [0.3, 0.4) is 0 Å². The van der Waals surface area contributed by atoms with Crippen molar-refractivity contribution >= 4 is 11.6 Å². The Balaban J connectivity index is 1.68. The van der Waals surface area contributed by atoms with Crippen molar-refractivity contribution in [3.63, 3.8) is 0 Å². The maximum Gasteiger partial charge on any atom is 0.193 e. The van der Waals surface area contributed by atoms with Gasteiger partial charge in [-0.05, 0) is 52.2 Å². The molecule has 0 bridgehead atoms. The average Bonchev–Trinajstić information content (AvgIpc) is 2.49. The lowest BCUT2D eigenvalue weighted by Gasteiger charge is -2.34. The Kier molecular flexibility index (Phi) is 6.02. The number of benzene rings is 1. The number of piperidine rings is 1. The van der Waals surface area contributed by atoms with Gasteiger partial charge in [0.05, 0.1) is 6.54 Å². The number of hydrogen-bond acceptors (Lipinski definition) is 3. The number of likely N-dealkylation sites (tertiary alicyclic amines) is 1. The summed E-state index contributed by atoms with van der Waals surface area (Å²) in [7, 11) is 4.33. The number of guanidine groups is 1. The van der Waals surface area contributed by atoms with Crippen molar-refractivity contribution in [2.45, 2.75) is 18.9 Å². The normalized spacial score (nSPS) is 18.1. The molecule has 1 aromatic rings. The summed E-state index contributed by atoms with van der Waals surface area (Å²) in [5.74, 6) is 0.490. The number of nitrogens with zero attached hydrogens (tertiary/aromatic N) is 3. The summed E-state index contributed by atoms with van der Waals surface area (Å²) < 4.78 is 0. The van der Waals surface area contributed by atoms with Gasteiger partial charge in [0.2, 0.25) is 0 Å². The van der Waals surface area contributed by atoms with E-state index >= 15 is 0 Å². The molecule has 21 heavy (non-hydrogen) atoms. The number of hydrogen-bond donors (Lipinski definition) is 2. The lowest BCUT2D eigenvalue weighted by Crippen LogP contribution is -2.42. The predicted octanol–water partition coefficient (Wildman–Crippen LogP) is 1.44. The van der Waals surface area contributed by atoms with E-state index in [0.717, 1.165) is 37.9 Å². The van der Waals surface area contributed by atoms with Gasteiger partial charge in [-0.2, -0.15) is 0 Å². The van der Waals surface area contributed by atoms with Crippen molar-refractivity contribution in [2.75, 3.05) is 45.6 Å². The summed E-state index contributed by atoms with van der Waals surface area (Å²) in [6.07, 6.45) is 2.49. The van der Waals surface area contributed by atoms with E-state index < -0.39 is 0 Å². The molecule has 1 saturated heterocycles. The quantitative estimate of drug-likeness (QED) is 0.636. The average molecular weight is 289 g/mol. The Bertz CT molecular complexity index is 435. The van der Waals surface area contributed by atoms with Crippen LogP contribution in [0.2, 0.25) is 0 Å². The molecule has 0 saturated carbocycles. The molecule has 0 aromatic heterocycles. The van der Waals surface area contributed by atoms with Crippen LogP contribution < -0.4 is 11.1 Å². The van der Waals surface area contributed by atoms with E-state index in [-0.39, 0.29) is 0 Å². The highest BCUT2D eigenvalue weighted by molar-refractivity contribution is 5.92. The second-order valence-electron chi connectivity index (χ2n) is 5.79. The molecule has 5 nitrogen and oxygen atoms in total. The topological polar surface area (TPSA) is 56.9 Å². The standard InChI is InChI=1S/C16H27N5/c1-20(2)15-8-11-21(12-9-15)13-10-18-16(17)19-14-6-4-3-5-7-14/h3-7,15H,8-13H2,1-2H3,(H3,17,18,19). The second kappa shape index (κ2) is 8.00. The maximum absolute atomic E-state index is 5.90. The minimum atomic E-state index is 0.490. The van der Waals surface area contributed by atoms with E-state index in [1.165, 1.54) is 12.8 Å². The zero-order valence-electron chi connectivity index (χ0n) is 13.1. The van der Waals surface area contributed by atoms with E-state index in [4.69, 9.17) is 5.73 Å². The van der Waals surface area contributed by atoms with Crippen molar-refractivity contribution in [1.82, 2.24) is 9.80 Å². The number of rotatable bonds is 5. The summed E-state index contributed by atoms with van der Waals surface area (Å²) in [4.78, 5) is 9.20. The molecule has 1 aliphatic rings. The fraction of sp³-hybridized carbons (Fsp3) is 0.562. The van der Waals surface area contributed by atoms with Gasteiger partial charge in [-0.3, -0.25) is 4.99 Å². The zero-order valence-corrected chi connectivity index (χ0v) is 13.1. The lowest BCUT2D eigenvalue weighted by molar-refractivity contribution is 0.148. The predicted molar refractivity (Wildman–Crippen MR) is 89.7 cm³/mol. The maximum atomic E-state index is 5.90. The first kappa shape index (κ1) is 15.8. The van der Waals surface area contributed by atoms with Gasteiger partial charge in [0.1, 0.15) is 0 Å². The van der Waals surface area contributed by atoms with Crippen molar-refractivity contribution in [2.24, 2.45) is 10.7 Å². The third kappa shape index (κ3) is 5.36. The van der Waals surface area contributed by atoms with Gasteiger partial charge < -0.3 is 20.9 Å². The Morgan fingerprint density at radius 2 is 1.95 bits per heavy atom. The molecule has 0 unspecified atom stereocenters. The molecule has 5 heteroatoms. The lowest BCUT2D eigenvalue weighted by atomic mass is 10.0. The second-order valence-corrected chi connectivity index (χ2v) is 5.79. The molecule has 3 N–H and O–H groups in total. The van der Waals surface area contributed by atoms with Gasteiger partial charge in [0.25, 0.3) is 0 Å². The molecular weight excluding hydrogens is 262 g/mol. The van der Waals surface area contributed by atoms with Crippen LogP contribution in [0.5, 0.6) is 0 Å². The minimum Gasteiger partial charge on any atom is -0.370 e. The number of nitrogens with one attached hydrogen (secondary N) is 1. The van der Waals surface area contributed by atoms with Crippen LogP contribution in [-0.2, 0) is 0 Å². The molecule has 2 rings (SSSR count). The number of aliphatic imine (C=N–C) groups is 1. The zero-order chi connectivity index (χ0) is 15.1. The first-order valence-corrected chi connectivity index (χ1v) is 7.66. The van der Waals surface area contributed by atoms with Gasteiger partial charge in [0, 0.05) is 18.3 Å². The smallest absolute Gasteiger partial charge is 0.193 e. The molecule has 0 atom stereocenters. The summed E-state index contributed by atoms with van der Waals surface area (Å²) in [5, 5.41) is 3.10. The third-order valence-corrected chi connectivity index (χ3v) is 4.03. The molecule has 1 aromatic carbocycles. The van der Waals surface area contributed by atoms with Crippen LogP contribution in [0.15, 0.2) is 35.3 Å². The monoisotopic (exact) mass is 289 g/mol. The van der Waals surface area contributed by atoms with Crippen LogP contribution in [0.4, 0.5) is 5.69 Å². The van der Waals surface area contributed by atoms with Crippen molar-refractivity contribution in [1.29, 1.82) is 0 Å². The molecule has 116 valence electrons. The SMILES string of the molecule is CN(C)C1CCN(CCN=C(N)Nc2ccccc2)CC1. The Morgan fingerprint density at radius 1 is 1.29 bits per heavy atom. The van der Waals surface area contributed by atoms with Gasteiger partial charge in [-0.1, -0.05) is 18.2 Å². The molecule has 0 spiro atoms. The Hall–Kier alpha value is -1.59. The van der Waals surface area contributed by atoms with E-state index in [0.29, 0.717) is 5.96 Å². The molecule has 0 amide bonds. The molecule has 0 radical (unpaired) electrons. The van der Waals surface area contributed by atoms with Crippen LogP contribution >= 0.6 is 0 Å². The highest BCUT2D eigenvalue weighted by Crippen LogP contribution is 2.13. The van der Waals surface area contributed by atoms with Crippen molar-refractivity contribution in [3.8, 4) is 0 Å². The van der Waals surface area contributed by atoms with E-state index in [2.05, 4.69) is 34.2 Å². The molecule has 1 fully saturated rings. The first-order valence-electron chi connectivity index (χ1n) is 7.66. The third-order valence-electron chi connectivity index (χ3n) is 4.03. The highest BCUT2D eigenvalue weighted by Gasteiger charge is 2.19. The fourth-order valence-electron chi connectivity index (χ4n) is 2.68. The van der Waals surface area contributed by atoms with E-state index in [9.17, 15) is 0 Å². The van der Waals surface area contributed by atoms with Gasteiger partial charge in [-0.15, -0.1) is 0 Å². The fourth-order valence-corrected chi connectivity index (χ4v) is 2.68. The minimum absolute atomic E-state index is 0.490. The molecule has 0 aliphatic carbocycles. The highest BCUT2D eigenvalue weighted by atomic mass is 15.2. The summed E-state index contributed by atoms with van der Waals surface area (Å²) in [6, 6.07) is 10.6. The molecule has 1 heterocycles. The van der Waals surface area contributed by atoms with Crippen LogP contribution in [0.1, 0.15) is 12.8 Å². The van der Waals surface area contributed by atoms with Gasteiger partial charge in [0.15, 0.2) is 5.96 Å². The van der Waals surface area contributed by atoms with Crippen molar-refractivity contribution in [3.05, 3.63) is 30.3 Å². The van der Waals surface area contributed by atoms with Gasteiger partial charge >= 0.3 is 0 Å². The van der Waals surface area contributed by atoms with Crippen LogP contribution in [0, 0.1) is 0 Å². The van der Waals surface area contributed by atoms with Crippen molar-refractivity contribution < 1.29 is 0 Å². The molecular formula is C16H27N5. The Labute approximate surface area is 127 Å². The number of anilines is 1. The molecule has 1 aliphatic heterocycles. The van der Waals surface area contributed by atoms with E-state index in [1.807, 2.05) is 30.3 Å². The largest absolute Gasteiger partial charge is 0.370 e. The van der Waals surface area contributed by atoms with E-state index in [1.54, 1.807) is 0 Å². The van der Waals surface area contributed by atoms with Crippen LogP contribution in [0.25, 0.3) is 0 Å². The summed E-state index contributed by atoms with van der Waals surface area (Å²) in [5.41, 5.74) is 6.87. The Morgan fingerprint density at radius 3 is 2.57 bits per heavy atom. The number of para-hydroxylation sites is 1.